The van der Waals surface area contributed by atoms with Crippen molar-refractivity contribution in [3.05, 3.63) is 0 Å². The first-order valence-corrected chi connectivity index (χ1v) is 6.55. The summed E-state index contributed by atoms with van der Waals surface area (Å²) in [6, 6.07) is 0.516. The maximum atomic E-state index is 6.12. The zero-order chi connectivity index (χ0) is 10.8. The van der Waals surface area contributed by atoms with Crippen molar-refractivity contribution in [2.24, 2.45) is 11.8 Å². The number of hydrogen-bond acceptors (Lipinski definition) is 2. The molecule has 1 aliphatic carbocycles. The van der Waals surface area contributed by atoms with E-state index in [2.05, 4.69) is 26.1 Å². The topological polar surface area (TPSA) is 21.3 Å². The summed E-state index contributed by atoms with van der Waals surface area (Å²) < 4.78 is 6.12. The van der Waals surface area contributed by atoms with Crippen molar-refractivity contribution in [1.29, 1.82) is 0 Å². The molecule has 15 heavy (non-hydrogen) atoms. The van der Waals surface area contributed by atoms with Gasteiger partial charge in [0.2, 0.25) is 0 Å². The molecule has 0 radical (unpaired) electrons. The van der Waals surface area contributed by atoms with Crippen molar-refractivity contribution < 1.29 is 4.74 Å². The van der Waals surface area contributed by atoms with E-state index in [1.165, 1.54) is 25.7 Å². The highest BCUT2D eigenvalue weighted by Crippen LogP contribution is 2.33. The van der Waals surface area contributed by atoms with Crippen LogP contribution in [0.15, 0.2) is 0 Å². The second-order valence-corrected chi connectivity index (χ2v) is 5.61. The van der Waals surface area contributed by atoms with Gasteiger partial charge >= 0.3 is 0 Å². The number of rotatable bonds is 1. The Morgan fingerprint density at radius 1 is 1.13 bits per heavy atom. The number of nitrogens with one attached hydrogen (secondary N) is 1. The van der Waals surface area contributed by atoms with Crippen LogP contribution in [0.5, 0.6) is 0 Å². The third kappa shape index (κ3) is 2.73. The molecule has 0 spiro atoms. The molecule has 0 aromatic carbocycles. The maximum Gasteiger partial charge on any atom is 0.0732 e. The molecule has 2 fully saturated rings. The van der Waals surface area contributed by atoms with Crippen LogP contribution >= 0.6 is 0 Å². The Bertz CT molecular complexity index is 207. The predicted molar refractivity (Wildman–Crippen MR) is 62.9 cm³/mol. The molecule has 1 aliphatic heterocycles. The Balaban J connectivity index is 1.87. The fourth-order valence-electron chi connectivity index (χ4n) is 3.01. The van der Waals surface area contributed by atoms with E-state index in [0.717, 1.165) is 18.4 Å². The van der Waals surface area contributed by atoms with Crippen LogP contribution in [0.25, 0.3) is 0 Å². The molecule has 2 nitrogen and oxygen atoms in total. The lowest BCUT2D eigenvalue weighted by Crippen LogP contribution is -2.52. The third-order valence-electron chi connectivity index (χ3n) is 4.24. The smallest absolute Gasteiger partial charge is 0.0732 e. The van der Waals surface area contributed by atoms with Gasteiger partial charge in [-0.2, -0.15) is 0 Å². The molecule has 0 amide bonds. The van der Waals surface area contributed by atoms with Gasteiger partial charge in [-0.3, -0.25) is 0 Å². The number of morpholine rings is 1. The van der Waals surface area contributed by atoms with Gasteiger partial charge in [-0.25, -0.2) is 0 Å². The molecule has 5 unspecified atom stereocenters. The van der Waals surface area contributed by atoms with E-state index in [-0.39, 0.29) is 0 Å². The molecule has 88 valence electrons. The van der Waals surface area contributed by atoms with Crippen molar-refractivity contribution in [1.82, 2.24) is 5.32 Å². The zero-order valence-electron chi connectivity index (χ0n) is 10.3. The largest absolute Gasteiger partial charge is 0.372 e. The van der Waals surface area contributed by atoms with Gasteiger partial charge in [-0.1, -0.05) is 19.8 Å². The Morgan fingerprint density at radius 2 is 1.93 bits per heavy atom. The summed E-state index contributed by atoms with van der Waals surface area (Å²) in [6.45, 7) is 7.85. The molecule has 0 bridgehead atoms. The van der Waals surface area contributed by atoms with Crippen LogP contribution in [-0.4, -0.2) is 24.8 Å². The van der Waals surface area contributed by atoms with Crippen molar-refractivity contribution in [2.45, 2.75) is 64.7 Å². The fourth-order valence-corrected chi connectivity index (χ4v) is 3.01. The van der Waals surface area contributed by atoms with Crippen molar-refractivity contribution >= 4 is 0 Å². The Kier molecular flexibility index (Phi) is 3.68. The second kappa shape index (κ2) is 4.84. The van der Waals surface area contributed by atoms with Crippen LogP contribution in [0.2, 0.25) is 0 Å². The minimum atomic E-state index is 0.376. The molecule has 0 aromatic rings. The first kappa shape index (κ1) is 11.4. The molecule has 1 heterocycles. The number of ether oxygens (including phenoxy) is 1. The molecule has 1 N–H and O–H groups in total. The normalized spacial score (nSPS) is 47.8. The highest BCUT2D eigenvalue weighted by molar-refractivity contribution is 4.85. The van der Waals surface area contributed by atoms with Crippen LogP contribution in [0.1, 0.15) is 46.5 Å². The van der Waals surface area contributed by atoms with Crippen molar-refractivity contribution in [3.8, 4) is 0 Å². The van der Waals surface area contributed by atoms with Gasteiger partial charge in [0.25, 0.3) is 0 Å². The molecule has 1 saturated heterocycles. The van der Waals surface area contributed by atoms with E-state index in [0.29, 0.717) is 18.2 Å². The summed E-state index contributed by atoms with van der Waals surface area (Å²) in [7, 11) is 0. The first-order valence-electron chi connectivity index (χ1n) is 6.55. The lowest BCUT2D eigenvalue weighted by molar-refractivity contribution is -0.0851. The summed E-state index contributed by atoms with van der Waals surface area (Å²) >= 11 is 0. The van der Waals surface area contributed by atoms with Gasteiger partial charge in [0, 0.05) is 12.6 Å². The predicted octanol–water partition coefficient (Wildman–Crippen LogP) is 2.58. The summed E-state index contributed by atoms with van der Waals surface area (Å²) in [5.41, 5.74) is 0. The Morgan fingerprint density at radius 3 is 2.60 bits per heavy atom. The highest BCUT2D eigenvalue weighted by Gasteiger charge is 2.32. The minimum Gasteiger partial charge on any atom is -0.372 e. The molecule has 5 atom stereocenters. The average molecular weight is 211 g/mol. The third-order valence-corrected chi connectivity index (χ3v) is 4.24. The van der Waals surface area contributed by atoms with E-state index >= 15 is 0 Å². The molecular formula is C13H25NO. The van der Waals surface area contributed by atoms with E-state index in [1.54, 1.807) is 0 Å². The molecular weight excluding hydrogens is 186 g/mol. The molecule has 2 rings (SSSR count). The molecule has 2 aliphatic rings. The SMILES string of the molecule is CC1CCCC(C2CNC(C)C(C)O2)C1. The van der Waals surface area contributed by atoms with Gasteiger partial charge in [-0.05, 0) is 38.5 Å². The summed E-state index contributed by atoms with van der Waals surface area (Å²) in [6.07, 6.45) is 6.41. The first-order chi connectivity index (χ1) is 7.16. The van der Waals surface area contributed by atoms with Crippen LogP contribution in [0.3, 0.4) is 0 Å². The second-order valence-electron chi connectivity index (χ2n) is 5.61. The van der Waals surface area contributed by atoms with E-state index in [4.69, 9.17) is 4.74 Å². The lowest BCUT2D eigenvalue weighted by Gasteiger charge is -2.40. The van der Waals surface area contributed by atoms with Crippen LogP contribution in [0, 0.1) is 11.8 Å². The van der Waals surface area contributed by atoms with E-state index < -0.39 is 0 Å². The molecule has 1 saturated carbocycles. The standard InChI is InChI=1S/C13H25NO/c1-9-5-4-6-12(7-9)13-8-14-10(2)11(3)15-13/h9-14H,4-8H2,1-3H3. The minimum absolute atomic E-state index is 0.376. The van der Waals surface area contributed by atoms with Gasteiger partial charge in [0.15, 0.2) is 0 Å². The monoisotopic (exact) mass is 211 g/mol. The van der Waals surface area contributed by atoms with Gasteiger partial charge < -0.3 is 10.1 Å². The van der Waals surface area contributed by atoms with Gasteiger partial charge in [-0.15, -0.1) is 0 Å². The molecule has 0 aromatic heterocycles. The Hall–Kier alpha value is -0.0800. The average Bonchev–Trinajstić information content (AvgIpc) is 2.22. The van der Waals surface area contributed by atoms with Gasteiger partial charge in [0.1, 0.15) is 0 Å². The summed E-state index contributed by atoms with van der Waals surface area (Å²) in [5.74, 6) is 1.71. The zero-order valence-corrected chi connectivity index (χ0v) is 10.3. The summed E-state index contributed by atoms with van der Waals surface area (Å²) in [4.78, 5) is 0. The quantitative estimate of drug-likeness (QED) is 0.720. The fraction of sp³-hybridized carbons (Fsp3) is 1.00. The number of hydrogen-bond donors (Lipinski definition) is 1. The van der Waals surface area contributed by atoms with Gasteiger partial charge in [0.05, 0.1) is 12.2 Å². The van der Waals surface area contributed by atoms with Crippen molar-refractivity contribution in [2.75, 3.05) is 6.54 Å². The Labute approximate surface area is 93.8 Å². The van der Waals surface area contributed by atoms with Crippen LogP contribution in [-0.2, 0) is 4.74 Å². The summed E-state index contributed by atoms with van der Waals surface area (Å²) in [5, 5.41) is 3.57. The lowest BCUT2D eigenvalue weighted by atomic mass is 9.79. The maximum absolute atomic E-state index is 6.12. The van der Waals surface area contributed by atoms with Crippen LogP contribution in [0.4, 0.5) is 0 Å². The van der Waals surface area contributed by atoms with Crippen LogP contribution < -0.4 is 5.32 Å². The highest BCUT2D eigenvalue weighted by atomic mass is 16.5. The van der Waals surface area contributed by atoms with E-state index in [1.807, 2.05) is 0 Å². The van der Waals surface area contributed by atoms with Crippen molar-refractivity contribution in [3.63, 3.8) is 0 Å². The molecule has 2 heteroatoms. The van der Waals surface area contributed by atoms with E-state index in [9.17, 15) is 0 Å².